The van der Waals surface area contributed by atoms with E-state index in [0.717, 1.165) is 12.3 Å². The molecule has 1 aromatic rings. The third kappa shape index (κ3) is 5.78. The van der Waals surface area contributed by atoms with E-state index in [1.807, 2.05) is 4.90 Å². The van der Waals surface area contributed by atoms with Crippen LogP contribution in [-0.4, -0.2) is 49.6 Å². The molecule has 1 aromatic heterocycles. The number of hydrogen-bond acceptors (Lipinski definition) is 3. The number of primary amides is 1. The van der Waals surface area contributed by atoms with Crippen molar-refractivity contribution < 1.29 is 27.7 Å². The molecular weight excluding hydrogens is 351 g/mol. The molecule has 3 amide bonds. The molecular formula is C16H23F3N5O2+. The molecule has 4 N–H and O–H groups in total. The Morgan fingerprint density at radius 1 is 1.15 bits per heavy atom. The van der Waals surface area contributed by atoms with Crippen LogP contribution in [0.25, 0.3) is 0 Å². The Balaban J connectivity index is 1.74. The zero-order valence-corrected chi connectivity index (χ0v) is 14.3. The molecule has 2 heterocycles. The SMILES string of the molecule is NC(=O)NCCCCC(=O)N1CCN(c2ccc(C(F)(F)F)c[nH+]2)CC1. The number of carbonyl (C=O) groups is 2. The Bertz CT molecular complexity index is 613. The standard InChI is InChI=1S/C16H22F3N5O2/c17-16(18,19)12-4-5-13(22-11-12)23-7-9-24(10-8-23)14(25)3-1-2-6-21-15(20)26/h4-5,11H,1-3,6-10H2,(H3,20,21,26)/p+1. The van der Waals surface area contributed by atoms with Crippen molar-refractivity contribution in [2.45, 2.75) is 25.4 Å². The number of aromatic nitrogens is 1. The molecule has 0 unspecified atom stereocenters. The topological polar surface area (TPSA) is 92.8 Å². The third-order valence-electron chi connectivity index (χ3n) is 4.21. The van der Waals surface area contributed by atoms with Crippen molar-refractivity contribution in [2.75, 3.05) is 37.6 Å². The summed E-state index contributed by atoms with van der Waals surface area (Å²) >= 11 is 0. The number of amides is 3. The minimum atomic E-state index is -4.37. The Morgan fingerprint density at radius 3 is 2.38 bits per heavy atom. The van der Waals surface area contributed by atoms with Gasteiger partial charge in [0.25, 0.3) is 5.82 Å². The first-order valence-electron chi connectivity index (χ1n) is 8.42. The van der Waals surface area contributed by atoms with E-state index in [9.17, 15) is 22.8 Å². The predicted molar refractivity (Wildman–Crippen MR) is 88.2 cm³/mol. The Hall–Kier alpha value is -2.52. The Labute approximate surface area is 149 Å². The zero-order valence-electron chi connectivity index (χ0n) is 14.3. The number of nitrogens with one attached hydrogen (secondary N) is 2. The number of H-pyrrole nitrogens is 1. The normalized spacial score (nSPS) is 15.0. The third-order valence-corrected chi connectivity index (χ3v) is 4.21. The average Bonchev–Trinajstić information content (AvgIpc) is 2.60. The van der Waals surface area contributed by atoms with Crippen LogP contribution in [-0.2, 0) is 11.0 Å². The van der Waals surface area contributed by atoms with Crippen molar-refractivity contribution in [3.05, 3.63) is 23.9 Å². The lowest BCUT2D eigenvalue weighted by Gasteiger charge is -2.31. The fourth-order valence-corrected chi connectivity index (χ4v) is 2.76. The summed E-state index contributed by atoms with van der Waals surface area (Å²) in [5.41, 5.74) is 4.23. The van der Waals surface area contributed by atoms with E-state index in [4.69, 9.17) is 5.73 Å². The summed E-state index contributed by atoms with van der Waals surface area (Å²) in [6.07, 6.45) is -1.69. The summed E-state index contributed by atoms with van der Waals surface area (Å²) in [4.78, 5) is 29.0. The number of hydrogen-bond donors (Lipinski definition) is 2. The maximum absolute atomic E-state index is 12.6. The van der Waals surface area contributed by atoms with Gasteiger partial charge >= 0.3 is 12.2 Å². The Kier molecular flexibility index (Phi) is 6.64. The van der Waals surface area contributed by atoms with E-state index in [-0.39, 0.29) is 5.91 Å². The fourth-order valence-electron chi connectivity index (χ4n) is 2.76. The number of rotatable bonds is 6. The number of aromatic amines is 1. The summed E-state index contributed by atoms with van der Waals surface area (Å²) in [6.45, 7) is 2.59. The minimum Gasteiger partial charge on any atom is -0.352 e. The molecule has 0 atom stereocenters. The van der Waals surface area contributed by atoms with Gasteiger partial charge in [0.05, 0.1) is 18.7 Å². The van der Waals surface area contributed by atoms with Crippen molar-refractivity contribution >= 4 is 17.8 Å². The predicted octanol–water partition coefficient (Wildman–Crippen LogP) is 1.01. The van der Waals surface area contributed by atoms with Crippen LogP contribution < -0.4 is 20.9 Å². The van der Waals surface area contributed by atoms with Crippen molar-refractivity contribution in [3.63, 3.8) is 0 Å². The number of halogens is 3. The summed E-state index contributed by atoms with van der Waals surface area (Å²) in [7, 11) is 0. The van der Waals surface area contributed by atoms with Gasteiger partial charge in [0.1, 0.15) is 19.3 Å². The van der Waals surface area contributed by atoms with Crippen LogP contribution >= 0.6 is 0 Å². The van der Waals surface area contributed by atoms with Gasteiger partial charge in [0, 0.05) is 19.0 Å². The lowest BCUT2D eigenvalue weighted by atomic mass is 10.2. The van der Waals surface area contributed by atoms with Crippen LogP contribution in [0.15, 0.2) is 18.3 Å². The number of nitrogens with two attached hydrogens (primary N) is 1. The highest BCUT2D eigenvalue weighted by molar-refractivity contribution is 5.76. The second-order valence-electron chi connectivity index (χ2n) is 6.08. The number of pyridine rings is 1. The van der Waals surface area contributed by atoms with Crippen molar-refractivity contribution in [3.8, 4) is 0 Å². The number of unbranched alkanes of at least 4 members (excludes halogenated alkanes) is 1. The lowest BCUT2D eigenvalue weighted by Crippen LogP contribution is -2.50. The largest absolute Gasteiger partial charge is 0.419 e. The maximum atomic E-state index is 12.6. The summed E-state index contributed by atoms with van der Waals surface area (Å²) in [6, 6.07) is 1.88. The van der Waals surface area contributed by atoms with Gasteiger partial charge in [-0.3, -0.25) is 9.69 Å². The molecule has 1 aliphatic heterocycles. The number of nitrogens with zero attached hydrogens (tertiary/aromatic N) is 2. The smallest absolute Gasteiger partial charge is 0.352 e. The molecule has 10 heteroatoms. The quantitative estimate of drug-likeness (QED) is 0.728. The van der Waals surface area contributed by atoms with Gasteiger partial charge in [-0.2, -0.15) is 13.2 Å². The average molecular weight is 374 g/mol. The fraction of sp³-hybridized carbons (Fsp3) is 0.562. The first kappa shape index (κ1) is 19.8. The molecule has 0 radical (unpaired) electrons. The van der Waals surface area contributed by atoms with E-state index in [1.165, 1.54) is 6.07 Å². The molecule has 2 rings (SSSR count). The van der Waals surface area contributed by atoms with Gasteiger partial charge in [0.2, 0.25) is 5.91 Å². The van der Waals surface area contributed by atoms with E-state index in [1.54, 1.807) is 4.90 Å². The second-order valence-corrected chi connectivity index (χ2v) is 6.08. The van der Waals surface area contributed by atoms with Crippen LogP contribution in [0.2, 0.25) is 0 Å². The molecule has 26 heavy (non-hydrogen) atoms. The van der Waals surface area contributed by atoms with Crippen LogP contribution in [0.5, 0.6) is 0 Å². The monoisotopic (exact) mass is 374 g/mol. The van der Waals surface area contributed by atoms with Crippen LogP contribution in [0.3, 0.4) is 0 Å². The first-order chi connectivity index (χ1) is 12.3. The first-order valence-corrected chi connectivity index (χ1v) is 8.42. The Morgan fingerprint density at radius 2 is 1.85 bits per heavy atom. The summed E-state index contributed by atoms with van der Waals surface area (Å²) in [5, 5.41) is 2.47. The van der Waals surface area contributed by atoms with E-state index >= 15 is 0 Å². The molecule has 0 saturated carbocycles. The molecule has 144 valence electrons. The summed E-state index contributed by atoms with van der Waals surface area (Å²) in [5.74, 6) is 0.641. The maximum Gasteiger partial charge on any atom is 0.419 e. The van der Waals surface area contributed by atoms with Gasteiger partial charge in [-0.1, -0.05) is 0 Å². The molecule has 0 aromatic carbocycles. The highest BCUT2D eigenvalue weighted by atomic mass is 19.4. The van der Waals surface area contributed by atoms with Gasteiger partial charge in [-0.25, -0.2) is 9.78 Å². The van der Waals surface area contributed by atoms with E-state index < -0.39 is 17.8 Å². The number of urea groups is 1. The van der Waals surface area contributed by atoms with Crippen LogP contribution in [0.1, 0.15) is 24.8 Å². The van der Waals surface area contributed by atoms with Gasteiger partial charge in [0.15, 0.2) is 0 Å². The molecule has 0 aliphatic carbocycles. The molecule has 1 aliphatic rings. The van der Waals surface area contributed by atoms with Crippen molar-refractivity contribution in [1.29, 1.82) is 0 Å². The van der Waals surface area contributed by atoms with Gasteiger partial charge in [-0.15, -0.1) is 0 Å². The number of piperazine rings is 1. The van der Waals surface area contributed by atoms with Gasteiger partial charge in [-0.05, 0) is 18.9 Å². The second kappa shape index (κ2) is 8.72. The zero-order chi connectivity index (χ0) is 19.2. The molecule has 0 bridgehead atoms. The molecule has 1 fully saturated rings. The van der Waals surface area contributed by atoms with Crippen molar-refractivity contribution in [2.24, 2.45) is 5.73 Å². The molecule has 7 nitrogen and oxygen atoms in total. The summed E-state index contributed by atoms with van der Waals surface area (Å²) < 4.78 is 37.8. The van der Waals surface area contributed by atoms with E-state index in [2.05, 4.69) is 10.3 Å². The molecule has 0 spiro atoms. The highest BCUT2D eigenvalue weighted by Gasteiger charge is 2.32. The highest BCUT2D eigenvalue weighted by Crippen LogP contribution is 2.28. The van der Waals surface area contributed by atoms with Crippen LogP contribution in [0, 0.1) is 0 Å². The minimum absolute atomic E-state index is 0.0418. The van der Waals surface area contributed by atoms with Gasteiger partial charge < -0.3 is 16.0 Å². The van der Waals surface area contributed by atoms with Crippen molar-refractivity contribution in [1.82, 2.24) is 10.2 Å². The lowest BCUT2D eigenvalue weighted by molar-refractivity contribution is -0.367. The van der Waals surface area contributed by atoms with Crippen LogP contribution in [0.4, 0.5) is 23.8 Å². The number of alkyl halides is 3. The van der Waals surface area contributed by atoms with E-state index in [0.29, 0.717) is 57.8 Å². The molecule has 1 saturated heterocycles. The number of anilines is 1. The number of carbonyl (C=O) groups excluding carboxylic acids is 2.